The molecule has 1 aliphatic carbocycles. The normalized spacial score (nSPS) is 21.0. The molecule has 1 saturated carbocycles. The highest BCUT2D eigenvalue weighted by atomic mass is 16.3. The van der Waals surface area contributed by atoms with E-state index in [0.29, 0.717) is 36.5 Å². The van der Waals surface area contributed by atoms with Gasteiger partial charge in [-0.2, -0.15) is 5.10 Å². The Labute approximate surface area is 184 Å². The van der Waals surface area contributed by atoms with E-state index >= 15 is 0 Å². The average Bonchev–Trinajstić information content (AvgIpc) is 3.36. The predicted octanol–water partition coefficient (Wildman–Crippen LogP) is 2.53. The number of aryl methyl sites for hydroxylation is 1. The van der Waals surface area contributed by atoms with Crippen LogP contribution in [-0.2, 0) is 7.05 Å². The smallest absolute Gasteiger partial charge is 0.258 e. The Morgan fingerprint density at radius 3 is 2.66 bits per heavy atom. The van der Waals surface area contributed by atoms with E-state index in [1.165, 1.54) is 0 Å². The fourth-order valence-corrected chi connectivity index (χ4v) is 4.40. The molecule has 1 aromatic carbocycles. The molecule has 9 heteroatoms. The number of aliphatic hydroxyl groups is 2. The van der Waals surface area contributed by atoms with E-state index in [0.717, 1.165) is 16.6 Å². The first kappa shape index (κ1) is 20.3. The molecule has 1 fully saturated rings. The first-order valence-corrected chi connectivity index (χ1v) is 10.6. The molecule has 3 heterocycles. The molecular formula is C23H24N6O3. The standard InChI is InChI=1S/C23H24N6O3/c1-28-13-15(12-25-28)20-8-14(6-7-24-20)22(32)27-23-26-19-4-2-3-5-21(19)29(23)16-9-17(30)11-18(31)10-16/h2-8,12-13,16-18,30-31H,9-11H2,1H3,(H,26,27,32)/t16?,17-,18+. The Balaban J connectivity index is 1.48. The number of amides is 1. The minimum absolute atomic E-state index is 0.181. The van der Waals surface area contributed by atoms with Crippen LogP contribution in [0.3, 0.4) is 0 Å². The van der Waals surface area contributed by atoms with Crippen molar-refractivity contribution in [2.45, 2.75) is 37.5 Å². The van der Waals surface area contributed by atoms with Crippen LogP contribution in [0.15, 0.2) is 55.0 Å². The van der Waals surface area contributed by atoms with Crippen LogP contribution in [0.25, 0.3) is 22.3 Å². The molecule has 1 unspecified atom stereocenters. The van der Waals surface area contributed by atoms with Crippen LogP contribution in [-0.4, -0.2) is 52.6 Å². The molecule has 3 atom stereocenters. The van der Waals surface area contributed by atoms with Crippen molar-refractivity contribution in [3.63, 3.8) is 0 Å². The molecule has 0 spiro atoms. The molecule has 1 aliphatic rings. The number of hydrogen-bond donors (Lipinski definition) is 3. The topological polar surface area (TPSA) is 118 Å². The van der Waals surface area contributed by atoms with Gasteiger partial charge in [0.15, 0.2) is 0 Å². The molecule has 1 amide bonds. The maximum atomic E-state index is 13.1. The molecule has 32 heavy (non-hydrogen) atoms. The number of nitrogens with one attached hydrogen (secondary N) is 1. The third-order valence-electron chi connectivity index (χ3n) is 5.84. The largest absolute Gasteiger partial charge is 0.393 e. The summed E-state index contributed by atoms with van der Waals surface area (Å²) in [5.41, 5.74) is 3.50. The fraction of sp³-hybridized carbons (Fsp3) is 0.304. The molecule has 3 aromatic heterocycles. The van der Waals surface area contributed by atoms with Crippen molar-refractivity contribution in [2.24, 2.45) is 7.05 Å². The zero-order valence-corrected chi connectivity index (χ0v) is 17.6. The van der Waals surface area contributed by atoms with Crippen LogP contribution in [0.5, 0.6) is 0 Å². The number of anilines is 1. The number of nitrogens with zero attached hydrogens (tertiary/aromatic N) is 5. The predicted molar refractivity (Wildman–Crippen MR) is 119 cm³/mol. The zero-order valence-electron chi connectivity index (χ0n) is 17.6. The summed E-state index contributed by atoms with van der Waals surface area (Å²) in [7, 11) is 1.82. The number of para-hydroxylation sites is 2. The monoisotopic (exact) mass is 432 g/mol. The lowest BCUT2D eigenvalue weighted by molar-refractivity contribution is 0.0187. The Kier molecular flexibility index (Phi) is 5.20. The van der Waals surface area contributed by atoms with Crippen LogP contribution in [0.2, 0.25) is 0 Å². The molecule has 5 rings (SSSR count). The fourth-order valence-electron chi connectivity index (χ4n) is 4.40. The lowest BCUT2D eigenvalue weighted by atomic mass is 9.90. The summed E-state index contributed by atoms with van der Waals surface area (Å²) in [6, 6.07) is 10.8. The third-order valence-corrected chi connectivity index (χ3v) is 5.84. The molecule has 0 bridgehead atoms. The van der Waals surface area contributed by atoms with Crippen LogP contribution in [0.1, 0.15) is 35.7 Å². The van der Waals surface area contributed by atoms with Gasteiger partial charge in [0.2, 0.25) is 5.95 Å². The highest BCUT2D eigenvalue weighted by Gasteiger charge is 2.30. The summed E-state index contributed by atoms with van der Waals surface area (Å²) < 4.78 is 3.60. The van der Waals surface area contributed by atoms with Crippen molar-refractivity contribution in [1.29, 1.82) is 0 Å². The SMILES string of the molecule is Cn1cc(-c2cc(C(=O)Nc3nc4ccccc4n3C3C[C@@H](O)C[C@@H](O)C3)ccn2)cn1. The van der Waals surface area contributed by atoms with E-state index in [1.807, 2.05) is 42.1 Å². The van der Waals surface area contributed by atoms with Gasteiger partial charge in [-0.15, -0.1) is 0 Å². The molecule has 164 valence electrons. The number of rotatable bonds is 4. The van der Waals surface area contributed by atoms with Crippen molar-refractivity contribution in [2.75, 3.05) is 5.32 Å². The van der Waals surface area contributed by atoms with Crippen molar-refractivity contribution >= 4 is 22.9 Å². The Morgan fingerprint density at radius 1 is 1.12 bits per heavy atom. The van der Waals surface area contributed by atoms with E-state index in [-0.39, 0.29) is 11.9 Å². The van der Waals surface area contributed by atoms with Crippen LogP contribution in [0, 0.1) is 0 Å². The van der Waals surface area contributed by atoms with Gasteiger partial charge in [0.05, 0.1) is 35.1 Å². The quantitative estimate of drug-likeness (QED) is 0.456. The zero-order chi connectivity index (χ0) is 22.2. The van der Waals surface area contributed by atoms with Gasteiger partial charge in [0.25, 0.3) is 5.91 Å². The minimum atomic E-state index is -0.601. The summed E-state index contributed by atoms with van der Waals surface area (Å²) in [5, 5.41) is 27.5. The van der Waals surface area contributed by atoms with Gasteiger partial charge >= 0.3 is 0 Å². The van der Waals surface area contributed by atoms with E-state index < -0.39 is 12.2 Å². The molecule has 4 aromatic rings. The average molecular weight is 432 g/mol. The second kappa shape index (κ2) is 8.18. The first-order valence-electron chi connectivity index (χ1n) is 10.6. The number of imidazole rings is 1. The van der Waals surface area contributed by atoms with E-state index in [1.54, 1.807) is 29.2 Å². The highest BCUT2D eigenvalue weighted by Crippen LogP contribution is 2.34. The maximum absolute atomic E-state index is 13.1. The summed E-state index contributed by atoms with van der Waals surface area (Å²) in [5.74, 6) is 0.0771. The second-order valence-electron chi connectivity index (χ2n) is 8.25. The first-order chi connectivity index (χ1) is 15.5. The van der Waals surface area contributed by atoms with Crippen molar-refractivity contribution in [3.05, 3.63) is 60.6 Å². The summed E-state index contributed by atoms with van der Waals surface area (Å²) in [4.78, 5) is 22.1. The third kappa shape index (κ3) is 3.88. The number of carbonyl (C=O) groups excluding carboxylic acids is 1. The summed E-state index contributed by atoms with van der Waals surface area (Å²) in [6.45, 7) is 0. The van der Waals surface area contributed by atoms with Crippen molar-refractivity contribution in [3.8, 4) is 11.3 Å². The number of pyridine rings is 1. The Bertz CT molecular complexity index is 1270. The number of carbonyl (C=O) groups is 1. The second-order valence-corrected chi connectivity index (χ2v) is 8.25. The number of fused-ring (bicyclic) bond motifs is 1. The molecular weight excluding hydrogens is 408 g/mol. The number of hydrogen-bond acceptors (Lipinski definition) is 6. The summed E-state index contributed by atoms with van der Waals surface area (Å²) in [6.07, 6.45) is 5.26. The van der Waals surface area contributed by atoms with Crippen LogP contribution in [0.4, 0.5) is 5.95 Å². The van der Waals surface area contributed by atoms with Crippen molar-refractivity contribution < 1.29 is 15.0 Å². The molecule has 0 aliphatic heterocycles. The van der Waals surface area contributed by atoms with Gasteiger partial charge in [-0.1, -0.05) is 12.1 Å². The van der Waals surface area contributed by atoms with Gasteiger partial charge in [0.1, 0.15) is 0 Å². The van der Waals surface area contributed by atoms with Crippen molar-refractivity contribution in [1.82, 2.24) is 24.3 Å². The molecule has 0 radical (unpaired) electrons. The van der Waals surface area contributed by atoms with Gasteiger partial charge in [-0.05, 0) is 43.5 Å². The van der Waals surface area contributed by atoms with E-state index in [9.17, 15) is 15.0 Å². The minimum Gasteiger partial charge on any atom is -0.393 e. The van der Waals surface area contributed by atoms with Gasteiger partial charge in [-0.3, -0.25) is 19.8 Å². The van der Waals surface area contributed by atoms with Gasteiger partial charge in [0, 0.05) is 36.6 Å². The van der Waals surface area contributed by atoms with Gasteiger partial charge in [-0.25, -0.2) is 4.98 Å². The number of benzene rings is 1. The van der Waals surface area contributed by atoms with Crippen LogP contribution < -0.4 is 5.32 Å². The van der Waals surface area contributed by atoms with Gasteiger partial charge < -0.3 is 14.8 Å². The Hall–Kier alpha value is -3.56. The molecule has 0 saturated heterocycles. The number of aromatic nitrogens is 5. The molecule has 3 N–H and O–H groups in total. The Morgan fingerprint density at radius 2 is 1.91 bits per heavy atom. The highest BCUT2D eigenvalue weighted by molar-refractivity contribution is 6.04. The molecule has 9 nitrogen and oxygen atoms in total. The maximum Gasteiger partial charge on any atom is 0.258 e. The lowest BCUT2D eigenvalue weighted by Gasteiger charge is -2.31. The summed E-state index contributed by atoms with van der Waals surface area (Å²) >= 11 is 0. The van der Waals surface area contributed by atoms with E-state index in [2.05, 4.69) is 20.4 Å². The van der Waals surface area contributed by atoms with Crippen LogP contribution >= 0.6 is 0 Å². The number of aliphatic hydroxyl groups excluding tert-OH is 2. The lowest BCUT2D eigenvalue weighted by Crippen LogP contribution is -2.32. The van der Waals surface area contributed by atoms with E-state index in [4.69, 9.17) is 0 Å².